The minimum Gasteiger partial charge on any atom is -0.497 e. The number of likely N-dealkylation sites (tertiary alicyclic amines) is 1. The maximum absolute atomic E-state index is 12.6. The van der Waals surface area contributed by atoms with E-state index in [-0.39, 0.29) is 23.7 Å². The molecule has 3 aliphatic rings. The van der Waals surface area contributed by atoms with E-state index in [0.29, 0.717) is 19.5 Å². The summed E-state index contributed by atoms with van der Waals surface area (Å²) in [6.45, 7) is 3.89. The molecule has 0 bridgehead atoms. The molecule has 2 fully saturated rings. The van der Waals surface area contributed by atoms with Gasteiger partial charge in [0.15, 0.2) is 0 Å². The highest BCUT2D eigenvalue weighted by atomic mass is 16.5. The Kier molecular flexibility index (Phi) is 4.68. The number of ether oxygens (including phenoxy) is 1. The number of piperazine rings is 1. The molecule has 6 nitrogen and oxygen atoms in total. The molecule has 138 valence electrons. The van der Waals surface area contributed by atoms with Crippen molar-refractivity contribution in [3.8, 4) is 5.75 Å². The zero-order valence-corrected chi connectivity index (χ0v) is 15.1. The lowest BCUT2D eigenvalue weighted by Gasteiger charge is -2.37. The molecule has 2 heterocycles. The maximum atomic E-state index is 12.6. The van der Waals surface area contributed by atoms with Gasteiger partial charge in [-0.15, -0.1) is 0 Å². The molecule has 2 aliphatic heterocycles. The minimum absolute atomic E-state index is 0.0157. The molecule has 0 N–H and O–H groups in total. The number of allylic oxidation sites excluding steroid dienone is 2. The lowest BCUT2D eigenvalue weighted by molar-refractivity contribution is -0.142. The summed E-state index contributed by atoms with van der Waals surface area (Å²) >= 11 is 0. The molecule has 1 aromatic rings. The van der Waals surface area contributed by atoms with Gasteiger partial charge >= 0.3 is 0 Å². The first-order valence-corrected chi connectivity index (χ1v) is 9.29. The maximum Gasteiger partial charge on any atom is 0.234 e. The second-order valence-corrected chi connectivity index (χ2v) is 7.20. The van der Waals surface area contributed by atoms with Crippen LogP contribution in [-0.4, -0.2) is 61.6 Å². The minimum atomic E-state index is -0.131. The molecule has 1 aliphatic carbocycles. The first-order valence-electron chi connectivity index (χ1n) is 9.29. The van der Waals surface area contributed by atoms with E-state index < -0.39 is 0 Å². The normalized spacial score (nSPS) is 26.3. The molecule has 2 amide bonds. The molecular formula is C20H25N3O3. The Hall–Kier alpha value is -2.34. The molecular weight excluding hydrogens is 330 g/mol. The van der Waals surface area contributed by atoms with Gasteiger partial charge in [0, 0.05) is 31.9 Å². The summed E-state index contributed by atoms with van der Waals surface area (Å²) in [4.78, 5) is 31.2. The van der Waals surface area contributed by atoms with Crippen LogP contribution in [0.5, 0.6) is 5.75 Å². The van der Waals surface area contributed by atoms with Gasteiger partial charge in [-0.05, 0) is 37.1 Å². The van der Waals surface area contributed by atoms with Crippen molar-refractivity contribution in [1.29, 1.82) is 0 Å². The van der Waals surface area contributed by atoms with Crippen molar-refractivity contribution >= 4 is 17.5 Å². The molecule has 2 atom stereocenters. The number of amides is 2. The van der Waals surface area contributed by atoms with E-state index in [0.717, 1.165) is 31.9 Å². The third kappa shape index (κ3) is 3.09. The lowest BCUT2D eigenvalue weighted by Crippen LogP contribution is -2.51. The molecule has 0 unspecified atom stereocenters. The van der Waals surface area contributed by atoms with Gasteiger partial charge < -0.3 is 9.64 Å². The smallest absolute Gasteiger partial charge is 0.234 e. The first-order chi connectivity index (χ1) is 12.7. The van der Waals surface area contributed by atoms with Gasteiger partial charge in [-0.1, -0.05) is 12.2 Å². The van der Waals surface area contributed by atoms with Crippen LogP contribution in [0.2, 0.25) is 0 Å². The number of hydrogen-bond donors (Lipinski definition) is 0. The highest BCUT2D eigenvalue weighted by molar-refractivity contribution is 6.05. The van der Waals surface area contributed by atoms with Crippen molar-refractivity contribution in [3.05, 3.63) is 36.4 Å². The van der Waals surface area contributed by atoms with E-state index in [9.17, 15) is 9.59 Å². The molecule has 26 heavy (non-hydrogen) atoms. The van der Waals surface area contributed by atoms with Gasteiger partial charge in [0.05, 0.1) is 25.6 Å². The number of carbonyl (C=O) groups is 2. The Morgan fingerprint density at radius 2 is 1.50 bits per heavy atom. The van der Waals surface area contributed by atoms with E-state index in [1.54, 1.807) is 7.11 Å². The van der Waals surface area contributed by atoms with Gasteiger partial charge in [0.1, 0.15) is 5.75 Å². The molecule has 0 spiro atoms. The van der Waals surface area contributed by atoms with Crippen LogP contribution in [0, 0.1) is 11.8 Å². The van der Waals surface area contributed by atoms with E-state index in [1.807, 2.05) is 24.3 Å². The molecule has 4 rings (SSSR count). The summed E-state index contributed by atoms with van der Waals surface area (Å²) in [5, 5.41) is 0. The number of imide groups is 1. The van der Waals surface area contributed by atoms with Crippen molar-refractivity contribution in [1.82, 2.24) is 9.80 Å². The van der Waals surface area contributed by atoms with Crippen LogP contribution in [0.1, 0.15) is 12.8 Å². The Labute approximate surface area is 154 Å². The average molecular weight is 355 g/mol. The van der Waals surface area contributed by atoms with Crippen molar-refractivity contribution in [2.45, 2.75) is 12.8 Å². The molecule has 0 radical (unpaired) electrons. The largest absolute Gasteiger partial charge is 0.497 e. The van der Waals surface area contributed by atoms with E-state index in [2.05, 4.69) is 21.9 Å². The summed E-state index contributed by atoms with van der Waals surface area (Å²) in [7, 11) is 1.67. The second kappa shape index (κ2) is 7.11. The molecule has 6 heteroatoms. The van der Waals surface area contributed by atoms with Gasteiger partial charge in [0.2, 0.25) is 11.8 Å². The number of fused-ring (bicyclic) bond motifs is 1. The summed E-state index contributed by atoms with van der Waals surface area (Å²) in [6.07, 6.45) is 5.47. The summed E-state index contributed by atoms with van der Waals surface area (Å²) in [5.41, 5.74) is 1.18. The predicted molar refractivity (Wildman–Crippen MR) is 98.9 cm³/mol. The van der Waals surface area contributed by atoms with Gasteiger partial charge in [-0.25, -0.2) is 0 Å². The fourth-order valence-electron chi connectivity index (χ4n) is 4.15. The van der Waals surface area contributed by atoms with Gasteiger partial charge in [-0.2, -0.15) is 0 Å². The highest BCUT2D eigenvalue weighted by Crippen LogP contribution is 2.35. The zero-order chi connectivity index (χ0) is 18.1. The van der Waals surface area contributed by atoms with Crippen molar-refractivity contribution in [2.75, 3.05) is 44.9 Å². The Bertz CT molecular complexity index is 682. The van der Waals surface area contributed by atoms with Crippen molar-refractivity contribution in [2.24, 2.45) is 11.8 Å². The third-order valence-corrected chi connectivity index (χ3v) is 5.75. The van der Waals surface area contributed by atoms with Crippen LogP contribution in [0.25, 0.3) is 0 Å². The Morgan fingerprint density at radius 3 is 2.04 bits per heavy atom. The fourth-order valence-corrected chi connectivity index (χ4v) is 4.15. The number of methoxy groups -OCH3 is 1. The number of nitrogens with zero attached hydrogens (tertiary/aromatic N) is 3. The van der Waals surface area contributed by atoms with Crippen LogP contribution >= 0.6 is 0 Å². The van der Waals surface area contributed by atoms with Crippen molar-refractivity contribution < 1.29 is 14.3 Å². The van der Waals surface area contributed by atoms with E-state index in [1.165, 1.54) is 10.6 Å². The van der Waals surface area contributed by atoms with Crippen LogP contribution in [0.15, 0.2) is 36.4 Å². The number of carbonyl (C=O) groups excluding carboxylic acids is 2. The lowest BCUT2D eigenvalue weighted by atomic mass is 9.85. The van der Waals surface area contributed by atoms with Crippen LogP contribution < -0.4 is 9.64 Å². The second-order valence-electron chi connectivity index (χ2n) is 7.20. The standard InChI is InChI=1S/C20H25N3O3/c1-26-16-8-6-15(7-9-16)22-12-10-21(11-13-22)14-23-19(24)17-4-2-3-5-18(17)20(23)25/h2-3,6-9,17-18H,4-5,10-14H2,1H3/t17-,18+. The quantitative estimate of drug-likeness (QED) is 0.608. The van der Waals surface area contributed by atoms with Crippen molar-refractivity contribution in [3.63, 3.8) is 0 Å². The van der Waals surface area contributed by atoms with Crippen LogP contribution in [-0.2, 0) is 9.59 Å². The monoisotopic (exact) mass is 355 g/mol. The molecule has 1 aromatic carbocycles. The predicted octanol–water partition coefficient (Wildman–Crippen LogP) is 1.73. The topological polar surface area (TPSA) is 53.1 Å². The number of anilines is 1. The summed E-state index contributed by atoms with van der Waals surface area (Å²) in [6, 6.07) is 8.08. The molecule has 0 aromatic heterocycles. The van der Waals surface area contributed by atoms with Gasteiger partial charge in [0.25, 0.3) is 0 Å². The SMILES string of the molecule is COc1ccc(N2CCN(CN3C(=O)[C@H]4CC=CC[C@H]4C3=O)CC2)cc1. The van der Waals surface area contributed by atoms with Crippen LogP contribution in [0.4, 0.5) is 5.69 Å². The fraction of sp³-hybridized carbons (Fsp3) is 0.500. The first kappa shape index (κ1) is 17.1. The third-order valence-electron chi connectivity index (χ3n) is 5.75. The Morgan fingerprint density at radius 1 is 0.923 bits per heavy atom. The average Bonchev–Trinajstić information content (AvgIpc) is 2.94. The number of hydrogen-bond acceptors (Lipinski definition) is 5. The zero-order valence-electron chi connectivity index (χ0n) is 15.1. The van der Waals surface area contributed by atoms with Gasteiger partial charge in [-0.3, -0.25) is 19.4 Å². The summed E-state index contributed by atoms with van der Waals surface area (Å²) in [5.74, 6) is 0.624. The van der Waals surface area contributed by atoms with E-state index in [4.69, 9.17) is 4.74 Å². The number of benzene rings is 1. The number of rotatable bonds is 4. The molecule has 2 saturated heterocycles. The molecule has 0 saturated carbocycles. The summed E-state index contributed by atoms with van der Waals surface area (Å²) < 4.78 is 5.21. The highest BCUT2D eigenvalue weighted by Gasteiger charge is 2.47. The Balaban J connectivity index is 1.34. The van der Waals surface area contributed by atoms with E-state index >= 15 is 0 Å². The van der Waals surface area contributed by atoms with Crippen LogP contribution in [0.3, 0.4) is 0 Å².